The van der Waals surface area contributed by atoms with Gasteiger partial charge in [0.25, 0.3) is 0 Å². The van der Waals surface area contributed by atoms with Crippen molar-refractivity contribution in [3.05, 3.63) is 83.4 Å². The first-order chi connectivity index (χ1) is 17.2. The van der Waals surface area contributed by atoms with E-state index in [9.17, 15) is 13.5 Å². The van der Waals surface area contributed by atoms with Crippen molar-refractivity contribution < 1.29 is 22.3 Å². The monoisotopic (exact) mass is 516 g/mol. The van der Waals surface area contributed by atoms with Gasteiger partial charge in [-0.15, -0.1) is 10.2 Å². The highest BCUT2D eigenvalue weighted by molar-refractivity contribution is 7.89. The molecule has 1 saturated heterocycles. The molecular formula is C26H30F2N4O3S. The maximum Gasteiger partial charge on any atom is 0.221 e. The van der Waals surface area contributed by atoms with Crippen molar-refractivity contribution in [2.45, 2.75) is 74.9 Å². The molecule has 0 bridgehead atoms. The van der Waals surface area contributed by atoms with Gasteiger partial charge in [0.2, 0.25) is 10.0 Å². The van der Waals surface area contributed by atoms with Crippen LogP contribution in [0.25, 0.3) is 0 Å². The molecule has 2 aliphatic rings. The molecule has 0 amide bonds. The normalized spacial score (nSPS) is 28.7. The Labute approximate surface area is 209 Å². The molecule has 192 valence electrons. The number of nitrogens with zero attached hydrogens (tertiary/aromatic N) is 4. The highest BCUT2D eigenvalue weighted by atomic mass is 32.2. The Kier molecular flexibility index (Phi) is 6.69. The van der Waals surface area contributed by atoms with Crippen molar-refractivity contribution >= 4 is 10.0 Å². The Morgan fingerprint density at radius 2 is 1.67 bits per heavy atom. The Morgan fingerprint density at radius 3 is 2.33 bits per heavy atom. The van der Waals surface area contributed by atoms with Gasteiger partial charge >= 0.3 is 0 Å². The van der Waals surface area contributed by atoms with Gasteiger partial charge in [-0.2, -0.15) is 4.31 Å². The third-order valence-corrected chi connectivity index (χ3v) is 10.2. The summed E-state index contributed by atoms with van der Waals surface area (Å²) >= 11 is 0. The summed E-state index contributed by atoms with van der Waals surface area (Å²) in [4.78, 5) is 0. The smallest absolute Gasteiger partial charge is 0.221 e. The van der Waals surface area contributed by atoms with Gasteiger partial charge in [0.1, 0.15) is 29.5 Å². The number of benzene rings is 2. The van der Waals surface area contributed by atoms with Gasteiger partial charge in [-0.05, 0) is 63.1 Å². The molecule has 2 fully saturated rings. The molecule has 0 radical (unpaired) electrons. The van der Waals surface area contributed by atoms with Gasteiger partial charge in [0.15, 0.2) is 0 Å². The van der Waals surface area contributed by atoms with Crippen molar-refractivity contribution in [1.82, 2.24) is 19.1 Å². The molecular weight excluding hydrogens is 486 g/mol. The molecule has 1 saturated carbocycles. The highest BCUT2D eigenvalue weighted by Gasteiger charge is 2.42. The van der Waals surface area contributed by atoms with E-state index in [0.29, 0.717) is 31.2 Å². The molecule has 1 aliphatic heterocycles. The van der Waals surface area contributed by atoms with Crippen LogP contribution in [0.1, 0.15) is 73.4 Å². The maximum absolute atomic E-state index is 15.3. The molecule has 3 aromatic rings. The average molecular weight is 517 g/mol. The van der Waals surface area contributed by atoms with Crippen LogP contribution in [0.4, 0.5) is 8.78 Å². The third kappa shape index (κ3) is 4.57. The lowest BCUT2D eigenvalue weighted by atomic mass is 9.77. The first kappa shape index (κ1) is 25.0. The standard InChI is InChI=1S/C26H30F2N4O3S/c1-18-7-8-25(19-5-3-2-4-6-19)36(34,35)32(18)15-20-13-24(28)22(14-23(20)27)26(33)11-9-21(10-12-26)31-16-29-30-17-31/h2-6,13-14,16-18,21,25,33H,7-12,15H2,1H3/t18-,21-,25+,26+/m0/s1. The zero-order valence-corrected chi connectivity index (χ0v) is 20.9. The summed E-state index contributed by atoms with van der Waals surface area (Å²) in [6, 6.07) is 10.8. The van der Waals surface area contributed by atoms with Crippen molar-refractivity contribution in [1.29, 1.82) is 0 Å². The summed E-state index contributed by atoms with van der Waals surface area (Å²) in [5, 5.41) is 18.1. The average Bonchev–Trinajstić information content (AvgIpc) is 3.39. The largest absolute Gasteiger partial charge is 0.385 e. The highest BCUT2D eigenvalue weighted by Crippen LogP contribution is 2.43. The van der Waals surface area contributed by atoms with E-state index in [4.69, 9.17) is 0 Å². The number of aromatic nitrogens is 3. The predicted molar refractivity (Wildman–Crippen MR) is 130 cm³/mol. The summed E-state index contributed by atoms with van der Waals surface area (Å²) < 4.78 is 60.7. The quantitative estimate of drug-likeness (QED) is 0.535. The number of halogens is 2. The van der Waals surface area contributed by atoms with E-state index >= 15 is 8.78 Å². The summed E-state index contributed by atoms with van der Waals surface area (Å²) in [7, 11) is -3.78. The van der Waals surface area contributed by atoms with Gasteiger partial charge < -0.3 is 9.67 Å². The van der Waals surface area contributed by atoms with E-state index in [0.717, 1.165) is 12.1 Å². The second-order valence-electron chi connectivity index (χ2n) is 10.0. The van der Waals surface area contributed by atoms with Crippen LogP contribution in [0, 0.1) is 11.6 Å². The number of rotatable bonds is 5. The number of sulfonamides is 1. The molecule has 0 unspecified atom stereocenters. The zero-order chi connectivity index (χ0) is 25.5. The summed E-state index contributed by atoms with van der Waals surface area (Å²) in [5.74, 6) is -1.44. The minimum atomic E-state index is -3.78. The number of aliphatic hydroxyl groups is 1. The van der Waals surface area contributed by atoms with Crippen LogP contribution < -0.4 is 0 Å². The van der Waals surface area contributed by atoms with E-state index in [2.05, 4.69) is 10.2 Å². The zero-order valence-electron chi connectivity index (χ0n) is 20.1. The van der Waals surface area contributed by atoms with E-state index in [1.807, 2.05) is 10.6 Å². The lowest BCUT2D eigenvalue weighted by molar-refractivity contribution is -0.0155. The molecule has 36 heavy (non-hydrogen) atoms. The number of hydrogen-bond acceptors (Lipinski definition) is 5. The van der Waals surface area contributed by atoms with Crippen LogP contribution in [0.5, 0.6) is 0 Å². The first-order valence-corrected chi connectivity index (χ1v) is 13.8. The predicted octanol–water partition coefficient (Wildman–Crippen LogP) is 4.61. The van der Waals surface area contributed by atoms with Crippen LogP contribution in [-0.4, -0.2) is 38.6 Å². The minimum Gasteiger partial charge on any atom is -0.385 e. The molecule has 2 heterocycles. The molecule has 0 spiro atoms. The summed E-state index contributed by atoms with van der Waals surface area (Å²) in [6.45, 7) is 1.53. The molecule has 1 N–H and O–H groups in total. The Hall–Kier alpha value is -2.69. The SMILES string of the molecule is C[C@H]1CC[C@H](c2ccccc2)S(=O)(=O)N1Cc1cc(F)c([C@]2(O)CC[C@@H](n3cnnc3)CC2)cc1F. The fourth-order valence-corrected chi connectivity index (χ4v) is 7.82. The van der Waals surface area contributed by atoms with E-state index < -0.39 is 32.5 Å². The molecule has 2 atom stereocenters. The Morgan fingerprint density at radius 1 is 1.00 bits per heavy atom. The van der Waals surface area contributed by atoms with Crippen LogP contribution in [0.15, 0.2) is 55.1 Å². The molecule has 1 aromatic heterocycles. The van der Waals surface area contributed by atoms with Crippen LogP contribution >= 0.6 is 0 Å². The minimum absolute atomic E-state index is 0.0397. The van der Waals surface area contributed by atoms with Crippen LogP contribution in [-0.2, 0) is 22.2 Å². The van der Waals surface area contributed by atoms with Crippen molar-refractivity contribution in [2.24, 2.45) is 0 Å². The molecule has 1 aliphatic carbocycles. The fourth-order valence-electron chi connectivity index (χ4n) is 5.63. The molecule has 2 aromatic carbocycles. The van der Waals surface area contributed by atoms with E-state index in [1.165, 1.54) is 4.31 Å². The summed E-state index contributed by atoms with van der Waals surface area (Å²) in [6.07, 6.45) is 5.99. The van der Waals surface area contributed by atoms with Crippen LogP contribution in [0.3, 0.4) is 0 Å². The third-order valence-electron chi connectivity index (χ3n) is 7.80. The molecule has 5 rings (SSSR count). The Bertz CT molecular complexity index is 1310. The van der Waals surface area contributed by atoms with E-state index in [-0.39, 0.29) is 42.6 Å². The maximum atomic E-state index is 15.3. The number of hydrogen-bond donors (Lipinski definition) is 1. The van der Waals surface area contributed by atoms with Gasteiger partial charge in [-0.3, -0.25) is 0 Å². The summed E-state index contributed by atoms with van der Waals surface area (Å²) in [5.41, 5.74) is -0.915. The van der Waals surface area contributed by atoms with Crippen molar-refractivity contribution in [2.75, 3.05) is 0 Å². The first-order valence-electron chi connectivity index (χ1n) is 12.3. The Balaban J connectivity index is 1.37. The van der Waals surface area contributed by atoms with Gasteiger partial charge in [0.05, 0.1) is 5.60 Å². The van der Waals surface area contributed by atoms with Gasteiger partial charge in [0, 0.05) is 29.8 Å². The lowest BCUT2D eigenvalue weighted by Gasteiger charge is -2.38. The second kappa shape index (κ2) is 9.64. The van der Waals surface area contributed by atoms with Gasteiger partial charge in [-0.25, -0.2) is 17.2 Å². The van der Waals surface area contributed by atoms with Gasteiger partial charge in [-0.1, -0.05) is 30.3 Å². The molecule has 10 heteroatoms. The lowest BCUT2D eigenvalue weighted by Crippen LogP contribution is -2.45. The topological polar surface area (TPSA) is 88.3 Å². The van der Waals surface area contributed by atoms with E-state index in [1.54, 1.807) is 43.8 Å². The van der Waals surface area contributed by atoms with Crippen molar-refractivity contribution in [3.63, 3.8) is 0 Å². The van der Waals surface area contributed by atoms with Crippen LogP contribution in [0.2, 0.25) is 0 Å². The second-order valence-corrected chi connectivity index (χ2v) is 12.1. The fraction of sp³-hybridized carbons (Fsp3) is 0.462. The molecule has 7 nitrogen and oxygen atoms in total. The van der Waals surface area contributed by atoms with Crippen molar-refractivity contribution in [3.8, 4) is 0 Å².